The average molecular weight is 359 g/mol. The highest BCUT2D eigenvalue weighted by Gasteiger charge is 2.40. The van der Waals surface area contributed by atoms with Crippen LogP contribution in [0.2, 0.25) is 0 Å². The molecule has 3 rings (SSSR count). The molecule has 0 aliphatic heterocycles. The van der Waals surface area contributed by atoms with Crippen molar-refractivity contribution in [2.75, 3.05) is 0 Å². The number of hydrogen-bond acceptors (Lipinski definition) is 2. The summed E-state index contributed by atoms with van der Waals surface area (Å²) in [5.41, 5.74) is 6.61. The lowest BCUT2D eigenvalue weighted by atomic mass is 9.67. The van der Waals surface area contributed by atoms with E-state index in [1.54, 1.807) is 6.92 Å². The van der Waals surface area contributed by atoms with Crippen LogP contribution in [0.3, 0.4) is 0 Å². The zero-order chi connectivity index (χ0) is 16.6. The van der Waals surface area contributed by atoms with Gasteiger partial charge in [0, 0.05) is 12.1 Å². The number of carbonyl (C=O) groups excluding carboxylic acids is 1. The zero-order valence-corrected chi connectivity index (χ0v) is 14.6. The van der Waals surface area contributed by atoms with Crippen molar-refractivity contribution in [2.24, 2.45) is 17.6 Å². The maximum Gasteiger partial charge on any atom is 0.227 e. The summed E-state index contributed by atoms with van der Waals surface area (Å²) >= 11 is 0. The van der Waals surface area contributed by atoms with Gasteiger partial charge in [-0.1, -0.05) is 12.5 Å². The Balaban J connectivity index is 0.00000208. The van der Waals surface area contributed by atoms with Crippen molar-refractivity contribution >= 4 is 18.3 Å². The molecule has 0 heterocycles. The van der Waals surface area contributed by atoms with Crippen molar-refractivity contribution in [3.8, 4) is 0 Å². The third-order valence-electron chi connectivity index (χ3n) is 5.52. The molecule has 2 aliphatic rings. The molecule has 0 spiro atoms. The Morgan fingerprint density at radius 3 is 2.42 bits per heavy atom. The first-order valence-electron chi connectivity index (χ1n) is 8.46. The molecule has 0 saturated heterocycles. The molecule has 2 fully saturated rings. The van der Waals surface area contributed by atoms with Gasteiger partial charge in [0.1, 0.15) is 0 Å². The van der Waals surface area contributed by atoms with Crippen LogP contribution in [0.25, 0.3) is 0 Å². The van der Waals surface area contributed by atoms with Gasteiger partial charge in [0.25, 0.3) is 0 Å². The summed E-state index contributed by atoms with van der Waals surface area (Å²) in [5, 5.41) is 3.16. The Kier molecular flexibility index (Phi) is 6.21. The van der Waals surface area contributed by atoms with Crippen molar-refractivity contribution in [1.82, 2.24) is 5.32 Å². The Morgan fingerprint density at radius 1 is 1.21 bits per heavy atom. The highest BCUT2D eigenvalue weighted by Crippen LogP contribution is 2.40. The van der Waals surface area contributed by atoms with Gasteiger partial charge in [0.05, 0.1) is 5.92 Å². The fraction of sp³-hybridized carbons (Fsp3) is 0.611. The number of benzene rings is 1. The Labute approximate surface area is 147 Å². The molecular weight excluding hydrogens is 334 g/mol. The van der Waals surface area contributed by atoms with Gasteiger partial charge in [-0.3, -0.25) is 4.79 Å². The van der Waals surface area contributed by atoms with E-state index in [-0.39, 0.29) is 30.4 Å². The lowest BCUT2D eigenvalue weighted by molar-refractivity contribution is -0.124. The van der Waals surface area contributed by atoms with Crippen molar-refractivity contribution in [3.63, 3.8) is 0 Å². The van der Waals surface area contributed by atoms with Gasteiger partial charge in [-0.25, -0.2) is 8.78 Å². The second kappa shape index (κ2) is 7.79. The van der Waals surface area contributed by atoms with Crippen molar-refractivity contribution in [1.29, 1.82) is 0 Å². The molecule has 3 nitrogen and oxygen atoms in total. The molecule has 0 radical (unpaired) electrons. The lowest BCUT2D eigenvalue weighted by Crippen LogP contribution is -2.54. The van der Waals surface area contributed by atoms with Gasteiger partial charge < -0.3 is 11.1 Å². The van der Waals surface area contributed by atoms with E-state index in [1.165, 1.54) is 12.5 Å². The fourth-order valence-corrected chi connectivity index (χ4v) is 4.25. The van der Waals surface area contributed by atoms with E-state index >= 15 is 0 Å². The predicted molar refractivity (Wildman–Crippen MR) is 92.0 cm³/mol. The van der Waals surface area contributed by atoms with E-state index < -0.39 is 17.6 Å². The lowest BCUT2D eigenvalue weighted by Gasteiger charge is -2.45. The van der Waals surface area contributed by atoms with Gasteiger partial charge >= 0.3 is 0 Å². The molecule has 6 heteroatoms. The predicted octanol–water partition coefficient (Wildman–Crippen LogP) is 3.51. The number of amides is 1. The zero-order valence-electron chi connectivity index (χ0n) is 13.8. The summed E-state index contributed by atoms with van der Waals surface area (Å²) in [6.07, 6.45) is 5.33. The van der Waals surface area contributed by atoms with E-state index in [9.17, 15) is 13.6 Å². The number of carbonyl (C=O) groups is 1. The van der Waals surface area contributed by atoms with Gasteiger partial charge in [0.15, 0.2) is 11.6 Å². The molecule has 3 atom stereocenters. The maximum absolute atomic E-state index is 13.4. The second-order valence-corrected chi connectivity index (χ2v) is 7.11. The van der Waals surface area contributed by atoms with Gasteiger partial charge in [-0.2, -0.15) is 0 Å². The van der Waals surface area contributed by atoms with Crippen LogP contribution < -0.4 is 11.1 Å². The first-order valence-corrected chi connectivity index (χ1v) is 8.46. The first kappa shape index (κ1) is 19.1. The highest BCUT2D eigenvalue weighted by molar-refractivity contribution is 5.85. The van der Waals surface area contributed by atoms with Crippen LogP contribution >= 0.6 is 12.4 Å². The van der Waals surface area contributed by atoms with Gasteiger partial charge in [-0.15, -0.1) is 12.4 Å². The molecule has 3 unspecified atom stereocenters. The monoisotopic (exact) mass is 358 g/mol. The van der Waals surface area contributed by atoms with Gasteiger partial charge in [0.2, 0.25) is 5.91 Å². The van der Waals surface area contributed by atoms with Gasteiger partial charge in [-0.05, 0) is 62.1 Å². The SMILES string of the molecule is CC(C(=O)NC1C2CCCC1CC(N)C2)c1ccc(F)c(F)c1.Cl. The molecule has 3 N–H and O–H groups in total. The summed E-state index contributed by atoms with van der Waals surface area (Å²) < 4.78 is 26.4. The minimum Gasteiger partial charge on any atom is -0.352 e. The Bertz CT molecular complexity index is 584. The highest BCUT2D eigenvalue weighted by atomic mass is 35.5. The third-order valence-corrected chi connectivity index (χ3v) is 5.52. The topological polar surface area (TPSA) is 55.1 Å². The van der Waals surface area contributed by atoms with Crippen LogP contribution in [-0.2, 0) is 4.79 Å². The summed E-state index contributed by atoms with van der Waals surface area (Å²) in [6.45, 7) is 1.73. The fourth-order valence-electron chi connectivity index (χ4n) is 4.25. The van der Waals surface area contributed by atoms with Crippen molar-refractivity contribution in [3.05, 3.63) is 35.4 Å². The molecule has 2 aliphatic carbocycles. The Morgan fingerprint density at radius 2 is 1.83 bits per heavy atom. The van der Waals surface area contributed by atoms with E-state index in [2.05, 4.69) is 5.32 Å². The Hall–Kier alpha value is -1.20. The maximum atomic E-state index is 13.4. The number of nitrogens with two attached hydrogens (primary N) is 1. The van der Waals surface area contributed by atoms with Crippen molar-refractivity contribution in [2.45, 2.75) is 57.0 Å². The number of hydrogen-bond donors (Lipinski definition) is 2. The van der Waals surface area contributed by atoms with E-state index in [1.807, 2.05) is 0 Å². The van der Waals surface area contributed by atoms with E-state index in [0.717, 1.165) is 37.8 Å². The number of rotatable bonds is 3. The van der Waals surface area contributed by atoms with Crippen LogP contribution in [0.15, 0.2) is 18.2 Å². The summed E-state index contributed by atoms with van der Waals surface area (Å²) in [7, 11) is 0. The van der Waals surface area contributed by atoms with Crippen LogP contribution in [0.4, 0.5) is 8.78 Å². The second-order valence-electron chi connectivity index (χ2n) is 7.11. The molecule has 0 aromatic heterocycles. The molecule has 134 valence electrons. The van der Waals surface area contributed by atoms with E-state index in [0.29, 0.717) is 17.4 Å². The molecule has 1 amide bonds. The summed E-state index contributed by atoms with van der Waals surface area (Å²) in [5.74, 6) is -1.54. The number of nitrogens with one attached hydrogen (secondary N) is 1. The summed E-state index contributed by atoms with van der Waals surface area (Å²) in [4.78, 5) is 12.6. The van der Waals surface area contributed by atoms with Crippen LogP contribution in [0.5, 0.6) is 0 Å². The standard InChI is InChI=1S/C18H24F2N2O.ClH/c1-10(11-5-6-15(19)16(20)9-11)18(23)22-17-12-3-2-4-13(17)8-14(21)7-12;/h5-6,9-10,12-14,17H,2-4,7-8,21H2,1H3,(H,22,23);1H. The first-order chi connectivity index (χ1) is 11.0. The number of fused-ring (bicyclic) bond motifs is 2. The molecule has 1 aromatic carbocycles. The average Bonchev–Trinajstić information content (AvgIpc) is 2.50. The van der Waals surface area contributed by atoms with Crippen LogP contribution in [-0.4, -0.2) is 18.0 Å². The molecule has 1 aromatic rings. The normalized spacial score (nSPS) is 30.2. The molecular formula is C18H25ClF2N2O. The van der Waals surface area contributed by atoms with Crippen LogP contribution in [0, 0.1) is 23.5 Å². The largest absolute Gasteiger partial charge is 0.352 e. The summed E-state index contributed by atoms with van der Waals surface area (Å²) in [6, 6.07) is 4.06. The van der Waals surface area contributed by atoms with E-state index in [4.69, 9.17) is 5.73 Å². The van der Waals surface area contributed by atoms with Crippen LogP contribution in [0.1, 0.15) is 50.5 Å². The third kappa shape index (κ3) is 3.89. The number of halogens is 3. The minimum absolute atomic E-state index is 0. The molecule has 24 heavy (non-hydrogen) atoms. The molecule has 2 bridgehead atoms. The smallest absolute Gasteiger partial charge is 0.227 e. The minimum atomic E-state index is -0.914. The molecule has 2 saturated carbocycles. The van der Waals surface area contributed by atoms with Crippen molar-refractivity contribution < 1.29 is 13.6 Å². The quantitative estimate of drug-likeness (QED) is 0.868.